The van der Waals surface area contributed by atoms with E-state index >= 15 is 0 Å². The van der Waals surface area contributed by atoms with Gasteiger partial charge in [-0.05, 0) is 30.9 Å². The number of rotatable bonds is 5. The third kappa shape index (κ3) is 3.87. The number of nitrogens with zero attached hydrogens (tertiary/aromatic N) is 6. The normalized spacial score (nSPS) is 14.3. The van der Waals surface area contributed by atoms with Crippen LogP contribution in [0.4, 0.5) is 5.69 Å². The van der Waals surface area contributed by atoms with Gasteiger partial charge in [-0.3, -0.25) is 18.8 Å². The van der Waals surface area contributed by atoms with Crippen LogP contribution in [-0.4, -0.2) is 50.3 Å². The third-order valence-electron chi connectivity index (χ3n) is 5.55. The lowest BCUT2D eigenvalue weighted by Gasteiger charge is -2.31. The number of aromatic nitrogens is 4. The van der Waals surface area contributed by atoms with E-state index in [1.165, 1.54) is 42.0 Å². The zero-order chi connectivity index (χ0) is 20.4. The van der Waals surface area contributed by atoms with Crippen molar-refractivity contribution in [2.45, 2.75) is 32.4 Å². The van der Waals surface area contributed by atoms with Gasteiger partial charge >= 0.3 is 0 Å². The average molecular weight is 394 g/mol. The van der Waals surface area contributed by atoms with Crippen molar-refractivity contribution in [3.05, 3.63) is 52.7 Å². The van der Waals surface area contributed by atoms with E-state index in [0.717, 1.165) is 18.7 Å². The van der Waals surface area contributed by atoms with Crippen LogP contribution in [0.2, 0.25) is 0 Å². The molecule has 1 aliphatic heterocycles. The molecule has 1 aromatic carbocycles. The Morgan fingerprint density at radius 2 is 1.93 bits per heavy atom. The summed E-state index contributed by atoms with van der Waals surface area (Å²) >= 11 is 0. The number of carbonyl (C=O) groups excluding carboxylic acids is 1. The van der Waals surface area contributed by atoms with Crippen LogP contribution < -0.4 is 10.5 Å². The average Bonchev–Trinajstić information content (AvgIpc) is 3.12. The van der Waals surface area contributed by atoms with Crippen LogP contribution in [0.5, 0.6) is 0 Å². The minimum absolute atomic E-state index is 0.0426. The Bertz CT molecular complexity index is 1080. The second-order valence-corrected chi connectivity index (χ2v) is 7.61. The molecule has 1 amide bonds. The van der Waals surface area contributed by atoms with E-state index in [4.69, 9.17) is 0 Å². The van der Waals surface area contributed by atoms with Crippen LogP contribution in [0, 0.1) is 0 Å². The third-order valence-corrected chi connectivity index (χ3v) is 5.55. The Kier molecular flexibility index (Phi) is 5.33. The highest BCUT2D eigenvalue weighted by Crippen LogP contribution is 2.25. The monoisotopic (exact) mass is 394 g/mol. The number of aryl methyl sites for hydroxylation is 1. The van der Waals surface area contributed by atoms with Gasteiger partial charge in [-0.2, -0.15) is 5.10 Å². The predicted octanol–water partition coefficient (Wildman–Crippen LogP) is 1.78. The molecule has 1 saturated heterocycles. The molecule has 0 atom stereocenters. The molecule has 1 aliphatic rings. The van der Waals surface area contributed by atoms with E-state index in [-0.39, 0.29) is 18.0 Å². The summed E-state index contributed by atoms with van der Waals surface area (Å²) < 4.78 is 2.89. The van der Waals surface area contributed by atoms with Crippen LogP contribution in [-0.2, 0) is 24.9 Å². The van der Waals surface area contributed by atoms with Gasteiger partial charge in [0.15, 0.2) is 5.65 Å². The summed E-state index contributed by atoms with van der Waals surface area (Å²) in [5.74, 6) is -0.134. The number of amides is 1. The number of likely N-dealkylation sites (N-methyl/N-ethyl adjacent to an activating group) is 1. The Morgan fingerprint density at radius 3 is 2.72 bits per heavy atom. The molecule has 8 nitrogen and oxygen atoms in total. The predicted molar refractivity (Wildman–Crippen MR) is 112 cm³/mol. The number of carbonyl (C=O) groups is 1. The maximum absolute atomic E-state index is 12.8. The van der Waals surface area contributed by atoms with Gasteiger partial charge in [0.25, 0.3) is 5.56 Å². The van der Waals surface area contributed by atoms with Crippen molar-refractivity contribution < 1.29 is 4.79 Å². The summed E-state index contributed by atoms with van der Waals surface area (Å²) in [4.78, 5) is 33.7. The van der Waals surface area contributed by atoms with Gasteiger partial charge in [0.2, 0.25) is 5.91 Å². The van der Waals surface area contributed by atoms with Crippen LogP contribution in [0.1, 0.15) is 24.8 Å². The lowest BCUT2D eigenvalue weighted by atomic mass is 10.1. The van der Waals surface area contributed by atoms with Crippen LogP contribution in [0.3, 0.4) is 0 Å². The quantitative estimate of drug-likeness (QED) is 0.659. The largest absolute Gasteiger partial charge is 0.371 e. The topological polar surface area (TPSA) is 76.3 Å². The molecule has 8 heteroatoms. The molecule has 0 saturated carbocycles. The lowest BCUT2D eigenvalue weighted by molar-refractivity contribution is -0.131. The Hall–Kier alpha value is -3.16. The van der Waals surface area contributed by atoms with E-state index in [0.29, 0.717) is 17.6 Å². The minimum atomic E-state index is -0.251. The first-order chi connectivity index (χ1) is 14.0. The molecule has 0 spiro atoms. The van der Waals surface area contributed by atoms with Gasteiger partial charge in [-0.25, -0.2) is 4.98 Å². The molecular formula is C21H26N6O2. The van der Waals surface area contributed by atoms with Crippen molar-refractivity contribution in [1.29, 1.82) is 0 Å². The summed E-state index contributed by atoms with van der Waals surface area (Å²) in [7, 11) is 3.51. The summed E-state index contributed by atoms with van der Waals surface area (Å²) in [6, 6.07) is 8.25. The van der Waals surface area contributed by atoms with Crippen LogP contribution in [0.25, 0.3) is 11.0 Å². The number of benzene rings is 1. The first-order valence-corrected chi connectivity index (χ1v) is 9.98. The fourth-order valence-corrected chi connectivity index (χ4v) is 3.88. The summed E-state index contributed by atoms with van der Waals surface area (Å²) in [5, 5.41) is 4.48. The smallest absolute Gasteiger partial charge is 0.264 e. The Balaban J connectivity index is 1.49. The van der Waals surface area contributed by atoms with Gasteiger partial charge < -0.3 is 9.80 Å². The molecule has 0 aliphatic carbocycles. The highest BCUT2D eigenvalue weighted by atomic mass is 16.2. The Labute approximate surface area is 169 Å². The van der Waals surface area contributed by atoms with Gasteiger partial charge in [0.05, 0.1) is 6.20 Å². The number of hydrogen-bond donors (Lipinski definition) is 0. The van der Waals surface area contributed by atoms with E-state index in [9.17, 15) is 9.59 Å². The van der Waals surface area contributed by atoms with E-state index in [2.05, 4.69) is 27.1 Å². The van der Waals surface area contributed by atoms with Crippen molar-refractivity contribution in [3.8, 4) is 0 Å². The molecule has 1 fully saturated rings. The molecule has 0 radical (unpaired) electrons. The van der Waals surface area contributed by atoms with Crippen molar-refractivity contribution in [2.75, 3.05) is 25.0 Å². The molecule has 0 N–H and O–H groups in total. The second-order valence-electron chi connectivity index (χ2n) is 7.61. The number of anilines is 1. The van der Waals surface area contributed by atoms with Gasteiger partial charge in [-0.15, -0.1) is 0 Å². The molecule has 0 bridgehead atoms. The molecule has 4 rings (SSSR count). The maximum atomic E-state index is 12.8. The first kappa shape index (κ1) is 19.2. The highest BCUT2D eigenvalue weighted by Gasteiger charge is 2.18. The summed E-state index contributed by atoms with van der Waals surface area (Å²) in [5.41, 5.74) is 2.59. The van der Waals surface area contributed by atoms with Gasteiger partial charge in [0.1, 0.15) is 18.3 Å². The summed E-state index contributed by atoms with van der Waals surface area (Å²) in [6.07, 6.45) is 6.59. The molecule has 152 valence electrons. The molecule has 29 heavy (non-hydrogen) atoms. The lowest BCUT2D eigenvalue weighted by Crippen LogP contribution is -2.35. The number of fused-ring (bicyclic) bond motifs is 1. The maximum Gasteiger partial charge on any atom is 0.264 e. The highest BCUT2D eigenvalue weighted by molar-refractivity contribution is 5.77. The fraction of sp³-hybridized carbons (Fsp3) is 0.429. The number of piperidine rings is 1. The molecule has 0 unspecified atom stereocenters. The zero-order valence-corrected chi connectivity index (χ0v) is 16.9. The van der Waals surface area contributed by atoms with Gasteiger partial charge in [0, 0.05) is 39.4 Å². The fourth-order valence-electron chi connectivity index (χ4n) is 3.88. The van der Waals surface area contributed by atoms with Crippen molar-refractivity contribution >= 4 is 22.6 Å². The molecule has 3 heterocycles. The second kappa shape index (κ2) is 8.06. The SMILES string of the molecule is CN(Cc1ccccc1N1CCCCC1)C(=O)Cn1cnc2c(cnn2C)c1=O. The molecule has 2 aromatic heterocycles. The number of hydrogen-bond acceptors (Lipinski definition) is 5. The zero-order valence-electron chi connectivity index (χ0n) is 16.9. The Morgan fingerprint density at radius 1 is 1.17 bits per heavy atom. The van der Waals surface area contributed by atoms with Crippen LogP contribution in [0.15, 0.2) is 41.6 Å². The van der Waals surface area contributed by atoms with Crippen molar-refractivity contribution in [1.82, 2.24) is 24.2 Å². The van der Waals surface area contributed by atoms with E-state index in [1.807, 2.05) is 12.1 Å². The van der Waals surface area contributed by atoms with Crippen molar-refractivity contribution in [2.24, 2.45) is 7.05 Å². The first-order valence-electron chi connectivity index (χ1n) is 9.98. The molecular weight excluding hydrogens is 368 g/mol. The van der Waals surface area contributed by atoms with Crippen LogP contribution >= 0.6 is 0 Å². The molecule has 3 aromatic rings. The minimum Gasteiger partial charge on any atom is -0.371 e. The van der Waals surface area contributed by atoms with E-state index < -0.39 is 0 Å². The summed E-state index contributed by atoms with van der Waals surface area (Å²) in [6.45, 7) is 2.57. The van der Waals surface area contributed by atoms with Gasteiger partial charge in [-0.1, -0.05) is 18.2 Å². The number of para-hydroxylation sites is 1. The van der Waals surface area contributed by atoms with Crippen molar-refractivity contribution in [3.63, 3.8) is 0 Å². The van der Waals surface area contributed by atoms with E-state index in [1.54, 1.807) is 23.7 Å². The standard InChI is InChI=1S/C21H26N6O2/c1-24(13-16-8-4-5-9-18(16)26-10-6-3-7-11-26)19(28)14-27-15-22-20-17(21(27)29)12-23-25(20)2/h4-5,8-9,12,15H,3,6-7,10-11,13-14H2,1-2H3.